The molecule has 0 radical (unpaired) electrons. The predicted molar refractivity (Wildman–Crippen MR) is 40.0 cm³/mol. The van der Waals surface area contributed by atoms with E-state index in [-0.39, 0.29) is 12.4 Å². The van der Waals surface area contributed by atoms with Crippen LogP contribution in [0.4, 0.5) is 0 Å². The van der Waals surface area contributed by atoms with E-state index in [0.29, 0.717) is 13.0 Å². The Labute approximate surface area is 61.4 Å². The smallest absolute Gasteiger partial charge is 0.0861 e. The predicted octanol–water partition coefficient (Wildman–Crippen LogP) is 0.878. The van der Waals surface area contributed by atoms with E-state index in [1.165, 1.54) is 0 Å². The minimum absolute atomic E-state index is 0. The summed E-state index contributed by atoms with van der Waals surface area (Å²) in [5, 5.41) is 0. The van der Waals surface area contributed by atoms with Crippen LogP contribution >= 0.6 is 12.4 Å². The van der Waals surface area contributed by atoms with Crippen LogP contribution in [0.25, 0.3) is 0 Å². The number of allylic oxidation sites excluding steroid dienone is 1. The molecule has 3 heteroatoms. The van der Waals surface area contributed by atoms with E-state index in [0.717, 1.165) is 0 Å². The number of nitrogens with two attached hydrogens (primary N) is 1. The third-order valence-corrected chi connectivity index (χ3v) is 0.595. The lowest BCUT2D eigenvalue weighted by Crippen LogP contribution is -1.96. The summed E-state index contributed by atoms with van der Waals surface area (Å²) >= 11 is 0. The number of rotatable bonds is 3. The van der Waals surface area contributed by atoms with Crippen LogP contribution in [0.5, 0.6) is 0 Å². The maximum atomic E-state index is 4.94. The first-order chi connectivity index (χ1) is 3.91. The first-order valence-electron chi connectivity index (χ1n) is 2.32. The fourth-order valence-electron chi connectivity index (χ4n) is 0.275. The van der Waals surface area contributed by atoms with Crippen LogP contribution in [0.15, 0.2) is 12.2 Å². The molecule has 0 bridgehead atoms. The lowest BCUT2D eigenvalue weighted by atomic mass is 10.4. The van der Waals surface area contributed by atoms with Crippen LogP contribution in [0, 0.1) is 12.3 Å². The zero-order chi connectivity index (χ0) is 6.24. The molecule has 0 fully saturated rings. The zero-order valence-corrected chi connectivity index (χ0v) is 5.86. The van der Waals surface area contributed by atoms with Gasteiger partial charge in [0.1, 0.15) is 0 Å². The molecule has 0 aliphatic carbocycles. The molecule has 0 aliphatic rings. The fraction of sp³-hybridized carbons (Fsp3) is 0.333. The third-order valence-electron chi connectivity index (χ3n) is 0.595. The lowest BCUT2D eigenvalue weighted by Gasteiger charge is -1.83. The van der Waals surface area contributed by atoms with Crippen molar-refractivity contribution in [2.45, 2.75) is 6.42 Å². The highest BCUT2D eigenvalue weighted by molar-refractivity contribution is 5.85. The molecule has 0 rings (SSSR count). The summed E-state index contributed by atoms with van der Waals surface area (Å²) < 4.78 is 0. The second kappa shape index (κ2) is 10.5. The van der Waals surface area contributed by atoms with Crippen molar-refractivity contribution in [3.05, 3.63) is 12.2 Å². The van der Waals surface area contributed by atoms with Crippen LogP contribution < -0.4 is 5.90 Å². The average molecular weight is 148 g/mol. The molecule has 52 valence electrons. The second-order valence-corrected chi connectivity index (χ2v) is 1.21. The van der Waals surface area contributed by atoms with Crippen LogP contribution in [0.2, 0.25) is 0 Å². The van der Waals surface area contributed by atoms with Gasteiger partial charge in [-0.05, 0) is 0 Å². The number of hydrogen-bond donors (Lipinski definition) is 1. The number of hydrogen-bond acceptors (Lipinski definition) is 2. The molecule has 2 N–H and O–H groups in total. The molecule has 2 nitrogen and oxygen atoms in total. The Balaban J connectivity index is 0. The molecule has 9 heavy (non-hydrogen) atoms. The van der Waals surface area contributed by atoms with Crippen LogP contribution in [-0.2, 0) is 4.84 Å². The first kappa shape index (κ1) is 11.3. The van der Waals surface area contributed by atoms with Crippen molar-refractivity contribution in [2.24, 2.45) is 5.90 Å². The molecule has 0 saturated carbocycles. The van der Waals surface area contributed by atoms with Gasteiger partial charge in [0.15, 0.2) is 0 Å². The zero-order valence-electron chi connectivity index (χ0n) is 5.04. The van der Waals surface area contributed by atoms with Crippen molar-refractivity contribution < 1.29 is 4.84 Å². The minimum atomic E-state index is 0. The molecule has 0 unspecified atom stereocenters. The Morgan fingerprint density at radius 2 is 2.22 bits per heavy atom. The first-order valence-corrected chi connectivity index (χ1v) is 2.32. The molecule has 0 atom stereocenters. The highest BCUT2D eigenvalue weighted by Gasteiger charge is 1.68. The van der Waals surface area contributed by atoms with Gasteiger partial charge in [0.05, 0.1) is 6.61 Å². The maximum absolute atomic E-state index is 4.94. The highest BCUT2D eigenvalue weighted by Crippen LogP contribution is 1.77. The lowest BCUT2D eigenvalue weighted by molar-refractivity contribution is 0.168. The number of halogens is 1. The van der Waals surface area contributed by atoms with Gasteiger partial charge in [-0.25, -0.2) is 5.90 Å². The Kier molecular flexibility index (Phi) is 13.2. The maximum Gasteiger partial charge on any atom is 0.0861 e. The Morgan fingerprint density at radius 1 is 1.56 bits per heavy atom. The van der Waals surface area contributed by atoms with E-state index < -0.39 is 0 Å². The third kappa shape index (κ3) is 11.2. The van der Waals surface area contributed by atoms with E-state index in [4.69, 9.17) is 12.3 Å². The molecule has 0 aromatic carbocycles. The Hall–Kier alpha value is -0.490. The van der Waals surface area contributed by atoms with Gasteiger partial charge in [0.2, 0.25) is 0 Å². The number of terminal acetylenes is 1. The van der Waals surface area contributed by atoms with Gasteiger partial charge in [0.25, 0.3) is 0 Å². The molecule has 0 amide bonds. The van der Waals surface area contributed by atoms with Crippen LogP contribution in [0.1, 0.15) is 6.42 Å². The standard InChI is InChI=1S/C6H9NO.ClH/c1-2-3-4-5-6-8-7;/h1,4-5H,3,6-7H2;1H/b5-4+;. The normalized spacial score (nSPS) is 8.44. The van der Waals surface area contributed by atoms with Gasteiger partial charge >= 0.3 is 0 Å². The molecular weight excluding hydrogens is 138 g/mol. The molecule has 0 heterocycles. The topological polar surface area (TPSA) is 35.2 Å². The van der Waals surface area contributed by atoms with Crippen LogP contribution in [0.3, 0.4) is 0 Å². The average Bonchev–Trinajstić information content (AvgIpc) is 1.81. The van der Waals surface area contributed by atoms with Crippen LogP contribution in [-0.4, -0.2) is 6.61 Å². The summed E-state index contributed by atoms with van der Waals surface area (Å²) in [4.78, 5) is 4.23. The van der Waals surface area contributed by atoms with Gasteiger partial charge in [-0.2, -0.15) is 0 Å². The SMILES string of the molecule is C#CC/C=C/CON.Cl. The Bertz CT molecular complexity index is 106. The Morgan fingerprint density at radius 3 is 2.67 bits per heavy atom. The summed E-state index contributed by atoms with van der Waals surface area (Å²) in [6.07, 6.45) is 9.18. The molecule has 0 aliphatic heterocycles. The van der Waals surface area contributed by atoms with Crippen molar-refractivity contribution in [3.63, 3.8) is 0 Å². The molecule has 0 aromatic heterocycles. The van der Waals surface area contributed by atoms with Crippen molar-refractivity contribution in [1.82, 2.24) is 0 Å². The van der Waals surface area contributed by atoms with E-state index in [2.05, 4.69) is 10.8 Å². The summed E-state index contributed by atoms with van der Waals surface area (Å²) in [5.41, 5.74) is 0. The highest BCUT2D eigenvalue weighted by atomic mass is 35.5. The van der Waals surface area contributed by atoms with Gasteiger partial charge in [-0.3, -0.25) is 0 Å². The van der Waals surface area contributed by atoms with E-state index in [1.807, 2.05) is 6.08 Å². The van der Waals surface area contributed by atoms with Gasteiger partial charge < -0.3 is 4.84 Å². The van der Waals surface area contributed by atoms with E-state index in [9.17, 15) is 0 Å². The largest absolute Gasteiger partial charge is 0.300 e. The summed E-state index contributed by atoms with van der Waals surface area (Å²) in [6, 6.07) is 0. The minimum Gasteiger partial charge on any atom is -0.300 e. The van der Waals surface area contributed by atoms with Crippen molar-refractivity contribution in [1.29, 1.82) is 0 Å². The molecular formula is C6H10ClNO. The van der Waals surface area contributed by atoms with Crippen molar-refractivity contribution in [3.8, 4) is 12.3 Å². The van der Waals surface area contributed by atoms with Gasteiger partial charge in [-0.1, -0.05) is 12.2 Å². The van der Waals surface area contributed by atoms with E-state index in [1.54, 1.807) is 6.08 Å². The van der Waals surface area contributed by atoms with Gasteiger partial charge in [-0.15, -0.1) is 24.8 Å². The summed E-state index contributed by atoms with van der Waals surface area (Å²) in [5.74, 6) is 7.15. The fourth-order valence-corrected chi connectivity index (χ4v) is 0.275. The summed E-state index contributed by atoms with van der Waals surface area (Å²) in [6.45, 7) is 0.432. The molecule has 0 spiro atoms. The molecule has 0 aromatic rings. The second-order valence-electron chi connectivity index (χ2n) is 1.21. The van der Waals surface area contributed by atoms with Crippen molar-refractivity contribution >= 4 is 12.4 Å². The van der Waals surface area contributed by atoms with E-state index >= 15 is 0 Å². The molecule has 0 saturated heterocycles. The monoisotopic (exact) mass is 147 g/mol. The quantitative estimate of drug-likeness (QED) is 0.366. The summed E-state index contributed by atoms with van der Waals surface area (Å²) in [7, 11) is 0. The van der Waals surface area contributed by atoms with Gasteiger partial charge in [0, 0.05) is 6.42 Å². The van der Waals surface area contributed by atoms with Crippen molar-refractivity contribution in [2.75, 3.05) is 6.61 Å².